The van der Waals surface area contributed by atoms with E-state index in [2.05, 4.69) is 69.3 Å². The molecule has 0 spiro atoms. The Morgan fingerprint density at radius 2 is 0.551 bits per heavy atom. The van der Waals surface area contributed by atoms with E-state index in [1.165, 1.54) is 68.1 Å². The van der Waals surface area contributed by atoms with Gasteiger partial charge in [0.25, 0.3) is 0 Å². The van der Waals surface area contributed by atoms with Crippen LogP contribution in [0.5, 0.6) is 17.2 Å². The number of carbonyl (C=O) groups is 3. The lowest BCUT2D eigenvalue weighted by Gasteiger charge is -2.26. The predicted octanol–water partition coefficient (Wildman–Crippen LogP) is 16.2. The molecule has 0 amide bonds. The van der Waals surface area contributed by atoms with E-state index < -0.39 is 0 Å². The van der Waals surface area contributed by atoms with Gasteiger partial charge in [0, 0.05) is 0 Å². The normalized spacial score (nSPS) is 17.4. The van der Waals surface area contributed by atoms with E-state index in [0.717, 1.165) is 39.7 Å². The molecule has 2 aliphatic carbocycles. The Hall–Kier alpha value is -7.05. The number of benzene rings is 7. The summed E-state index contributed by atoms with van der Waals surface area (Å²) in [5, 5.41) is 0. The number of esters is 3. The van der Waals surface area contributed by atoms with Crippen molar-refractivity contribution in [1.29, 1.82) is 0 Å². The molecule has 6 nitrogen and oxygen atoms in total. The third-order valence-corrected chi connectivity index (χ3v) is 13.5. The summed E-state index contributed by atoms with van der Waals surface area (Å²) in [7, 11) is 0. The fraction of sp³-hybridized carbons (Fsp3) is 0.286. The maximum atomic E-state index is 12.2. The van der Waals surface area contributed by atoms with Crippen molar-refractivity contribution in [2.45, 2.75) is 105 Å². The fourth-order valence-electron chi connectivity index (χ4n) is 8.83. The number of rotatable bonds is 9. The topological polar surface area (TPSA) is 78.9 Å². The van der Waals surface area contributed by atoms with E-state index >= 15 is 0 Å². The lowest BCUT2D eigenvalue weighted by atomic mass is 9.79. The van der Waals surface area contributed by atoms with Gasteiger partial charge in [-0.15, -0.1) is 0 Å². The maximum absolute atomic E-state index is 12.2. The summed E-state index contributed by atoms with van der Waals surface area (Å²) in [5.74, 6) is 3.84. The van der Waals surface area contributed by atoms with Crippen LogP contribution in [0.1, 0.15) is 142 Å². The third-order valence-electron chi connectivity index (χ3n) is 13.5. The molecule has 69 heavy (non-hydrogen) atoms. The zero-order chi connectivity index (χ0) is 48.7. The van der Waals surface area contributed by atoms with Crippen molar-refractivity contribution in [3.63, 3.8) is 0 Å². The summed E-state index contributed by atoms with van der Waals surface area (Å²) in [5.41, 5.74) is 11.3. The highest BCUT2D eigenvalue weighted by atomic mass is 16.5. The molecular formula is C63H66O6. The van der Waals surface area contributed by atoms with Crippen molar-refractivity contribution in [3.05, 3.63) is 220 Å². The Balaban J connectivity index is 0.000000153. The molecule has 0 aliphatic heterocycles. The first-order valence-electron chi connectivity index (χ1n) is 24.6. The molecule has 6 heteroatoms. The fourth-order valence-corrected chi connectivity index (χ4v) is 8.83. The van der Waals surface area contributed by atoms with Crippen LogP contribution in [0.15, 0.2) is 170 Å². The van der Waals surface area contributed by atoms with Crippen LogP contribution in [-0.2, 0) is 0 Å². The molecule has 7 aromatic carbocycles. The smallest absolute Gasteiger partial charge is 0.343 e. The van der Waals surface area contributed by atoms with Gasteiger partial charge in [-0.05, 0) is 172 Å². The molecule has 0 unspecified atom stereocenters. The monoisotopic (exact) mass is 918 g/mol. The summed E-state index contributed by atoms with van der Waals surface area (Å²) in [6.45, 7) is 12.7. The van der Waals surface area contributed by atoms with Gasteiger partial charge in [-0.2, -0.15) is 0 Å². The molecule has 0 heterocycles. The molecule has 2 aliphatic rings. The van der Waals surface area contributed by atoms with Gasteiger partial charge in [0.05, 0.1) is 16.7 Å². The zero-order valence-electron chi connectivity index (χ0n) is 41.1. The zero-order valence-corrected chi connectivity index (χ0v) is 41.1. The second-order valence-electron chi connectivity index (χ2n) is 19.2. The largest absolute Gasteiger partial charge is 0.423 e. The van der Waals surface area contributed by atoms with Crippen LogP contribution < -0.4 is 14.2 Å². The highest BCUT2D eigenvalue weighted by Gasteiger charge is 2.21. The van der Waals surface area contributed by atoms with Gasteiger partial charge in [-0.25, -0.2) is 14.4 Å². The average Bonchev–Trinajstić information content (AvgIpc) is 3.37. The molecule has 9 rings (SSSR count). The molecule has 0 bridgehead atoms. The molecule has 0 saturated heterocycles. The molecule has 2 saturated carbocycles. The highest BCUT2D eigenvalue weighted by molar-refractivity contribution is 5.92. The molecule has 354 valence electrons. The van der Waals surface area contributed by atoms with E-state index in [1.807, 2.05) is 118 Å². The SMILES string of the molecule is Cc1ccc(C(=O)Oc2ccc(-c3ccc(C)cc3)cc2)cc1.Cc1ccc(C(=O)Oc2ccc(C3CCC(C)CC3)cc2)cc1.Cc1ccc(OC(=O)c2ccc(C3CCC(C)CC3)cc2)cc1. The van der Waals surface area contributed by atoms with Crippen molar-refractivity contribution >= 4 is 17.9 Å². The summed E-state index contributed by atoms with van der Waals surface area (Å²) in [4.78, 5) is 36.4. The quantitative estimate of drug-likeness (QED) is 0.106. The molecule has 2 fully saturated rings. The van der Waals surface area contributed by atoms with Gasteiger partial charge in [-0.3, -0.25) is 0 Å². The minimum Gasteiger partial charge on any atom is -0.423 e. The highest BCUT2D eigenvalue weighted by Crippen LogP contribution is 2.37. The number of hydrogen-bond acceptors (Lipinski definition) is 6. The minimum atomic E-state index is -0.340. The second-order valence-corrected chi connectivity index (χ2v) is 19.2. The van der Waals surface area contributed by atoms with Crippen LogP contribution in [0.3, 0.4) is 0 Å². The van der Waals surface area contributed by atoms with Crippen LogP contribution in [0.2, 0.25) is 0 Å². The number of ether oxygens (including phenoxy) is 3. The van der Waals surface area contributed by atoms with Crippen molar-refractivity contribution in [1.82, 2.24) is 0 Å². The van der Waals surface area contributed by atoms with Gasteiger partial charge >= 0.3 is 17.9 Å². The first-order valence-corrected chi connectivity index (χ1v) is 24.6. The van der Waals surface area contributed by atoms with Crippen LogP contribution in [-0.4, -0.2) is 17.9 Å². The Bertz CT molecular complexity index is 2700. The van der Waals surface area contributed by atoms with Gasteiger partial charge in [0.1, 0.15) is 17.2 Å². The second kappa shape index (κ2) is 24.3. The van der Waals surface area contributed by atoms with Crippen LogP contribution in [0, 0.1) is 39.5 Å². The number of carbonyl (C=O) groups excluding carboxylic acids is 3. The first-order chi connectivity index (χ1) is 33.3. The predicted molar refractivity (Wildman–Crippen MR) is 279 cm³/mol. The molecule has 7 aromatic rings. The van der Waals surface area contributed by atoms with Crippen molar-refractivity contribution in [2.24, 2.45) is 11.8 Å². The Labute approximate surface area is 409 Å². The van der Waals surface area contributed by atoms with Gasteiger partial charge < -0.3 is 14.2 Å². The average molecular weight is 919 g/mol. The van der Waals surface area contributed by atoms with Gasteiger partial charge in [0.2, 0.25) is 0 Å². The van der Waals surface area contributed by atoms with Crippen molar-refractivity contribution in [2.75, 3.05) is 0 Å². The number of aryl methyl sites for hydroxylation is 4. The molecule has 0 aromatic heterocycles. The van der Waals surface area contributed by atoms with Crippen LogP contribution in [0.4, 0.5) is 0 Å². The standard InChI is InChI=1S/2C21H24O2.C21H18O2/c1-15-3-7-17(8-4-15)18-9-11-19(12-10-18)21(22)23-20-13-5-16(2)6-14-20;2*1-15-3-7-17(8-4-15)18-11-13-20(14-12-18)23-21(22)19-9-5-16(2)6-10-19/h2*5-6,9-15,17H,3-4,7-8H2,1-2H3;3-14H,1-2H3. The first kappa shape index (κ1) is 49.8. The summed E-state index contributed by atoms with van der Waals surface area (Å²) >= 11 is 0. The molecule has 0 N–H and O–H groups in total. The molecular weight excluding hydrogens is 853 g/mol. The number of hydrogen-bond donors (Lipinski definition) is 0. The summed E-state index contributed by atoms with van der Waals surface area (Å²) in [6.07, 6.45) is 10.3. The summed E-state index contributed by atoms with van der Waals surface area (Å²) in [6, 6.07) is 54.2. The Morgan fingerprint density at radius 1 is 0.319 bits per heavy atom. The van der Waals surface area contributed by atoms with E-state index in [4.69, 9.17) is 14.2 Å². The Morgan fingerprint density at radius 3 is 0.884 bits per heavy atom. The Kier molecular flexibility index (Phi) is 17.6. The van der Waals surface area contributed by atoms with Crippen LogP contribution in [0.25, 0.3) is 11.1 Å². The van der Waals surface area contributed by atoms with Gasteiger partial charge in [0.15, 0.2) is 0 Å². The molecule has 0 atom stereocenters. The van der Waals surface area contributed by atoms with E-state index in [9.17, 15) is 14.4 Å². The van der Waals surface area contributed by atoms with Crippen LogP contribution >= 0.6 is 0 Å². The van der Waals surface area contributed by atoms with Gasteiger partial charge in [-0.1, -0.05) is 159 Å². The summed E-state index contributed by atoms with van der Waals surface area (Å²) < 4.78 is 16.3. The van der Waals surface area contributed by atoms with E-state index in [-0.39, 0.29) is 17.9 Å². The lowest BCUT2D eigenvalue weighted by Crippen LogP contribution is -2.12. The van der Waals surface area contributed by atoms with Crippen molar-refractivity contribution < 1.29 is 28.6 Å². The van der Waals surface area contributed by atoms with E-state index in [1.54, 1.807) is 24.3 Å². The maximum Gasteiger partial charge on any atom is 0.343 e. The van der Waals surface area contributed by atoms with E-state index in [0.29, 0.717) is 45.8 Å². The lowest BCUT2D eigenvalue weighted by molar-refractivity contribution is 0.0725. The molecule has 0 radical (unpaired) electrons. The van der Waals surface area contributed by atoms with Crippen molar-refractivity contribution in [3.8, 4) is 28.4 Å². The minimum absolute atomic E-state index is 0.294. The third kappa shape index (κ3) is 15.0.